The average Bonchev–Trinajstić information content (AvgIpc) is 2.89. The lowest BCUT2D eigenvalue weighted by Gasteiger charge is -2.06. The summed E-state index contributed by atoms with van der Waals surface area (Å²) in [6.07, 6.45) is 0.790. The second-order valence-corrected chi connectivity index (χ2v) is 5.61. The molecule has 0 fully saturated rings. The molecule has 0 unspecified atom stereocenters. The normalized spacial score (nSPS) is 10.4. The molecule has 0 amide bonds. The fourth-order valence-electron chi connectivity index (χ4n) is 2.75. The number of benzene rings is 2. The second kappa shape index (κ2) is 7.99. The summed E-state index contributed by atoms with van der Waals surface area (Å²) in [6.45, 7) is 2.75. The Hall–Kier alpha value is -2.30. The number of hydrogen-bond donors (Lipinski definition) is 2. The highest BCUT2D eigenvalue weighted by molar-refractivity contribution is 6.05. The Bertz CT molecular complexity index is 828. The molecule has 0 saturated carbocycles. The Labute approximate surface area is 147 Å². The van der Waals surface area contributed by atoms with Crippen molar-refractivity contribution >= 4 is 29.3 Å². The quantitative estimate of drug-likeness (QED) is 0.692. The average molecular weight is 345 g/mol. The second-order valence-electron chi connectivity index (χ2n) is 5.61. The van der Waals surface area contributed by atoms with Gasteiger partial charge in [-0.3, -0.25) is 0 Å². The molecule has 4 nitrogen and oxygen atoms in total. The van der Waals surface area contributed by atoms with E-state index in [1.807, 2.05) is 55.5 Å². The molecular formula is C19H21ClN2O2. The van der Waals surface area contributed by atoms with Crippen molar-refractivity contribution in [3.8, 4) is 0 Å². The number of ether oxygens (including phenoxy) is 1. The lowest BCUT2D eigenvalue weighted by Crippen LogP contribution is -2.06. The van der Waals surface area contributed by atoms with Gasteiger partial charge in [-0.1, -0.05) is 36.4 Å². The number of nitrogens with two attached hydrogens (primary N) is 1. The van der Waals surface area contributed by atoms with Crippen molar-refractivity contribution in [3.63, 3.8) is 0 Å². The van der Waals surface area contributed by atoms with Crippen LogP contribution in [-0.2, 0) is 17.8 Å². The zero-order valence-electron chi connectivity index (χ0n) is 13.5. The lowest BCUT2D eigenvalue weighted by molar-refractivity contribution is 0.0474. The van der Waals surface area contributed by atoms with Crippen LogP contribution in [-0.4, -0.2) is 17.5 Å². The highest BCUT2D eigenvalue weighted by atomic mass is 35.5. The zero-order valence-corrected chi connectivity index (χ0v) is 14.4. The molecule has 0 aliphatic rings. The fourth-order valence-corrected chi connectivity index (χ4v) is 2.75. The van der Waals surface area contributed by atoms with Gasteiger partial charge in [-0.25, -0.2) is 4.79 Å². The van der Waals surface area contributed by atoms with Crippen molar-refractivity contribution < 1.29 is 9.53 Å². The number of esters is 1. The van der Waals surface area contributed by atoms with Crippen LogP contribution in [0.5, 0.6) is 0 Å². The Morgan fingerprint density at radius 2 is 1.88 bits per heavy atom. The van der Waals surface area contributed by atoms with Crippen molar-refractivity contribution in [2.24, 2.45) is 5.73 Å². The number of nitrogens with one attached hydrogen (secondary N) is 1. The van der Waals surface area contributed by atoms with E-state index in [1.54, 1.807) is 0 Å². The van der Waals surface area contributed by atoms with Crippen molar-refractivity contribution in [2.75, 3.05) is 6.54 Å². The van der Waals surface area contributed by atoms with Crippen LogP contribution in [0.3, 0.4) is 0 Å². The van der Waals surface area contributed by atoms with Gasteiger partial charge in [0.25, 0.3) is 0 Å². The van der Waals surface area contributed by atoms with E-state index in [2.05, 4.69) is 4.98 Å². The summed E-state index contributed by atoms with van der Waals surface area (Å²) in [5.41, 5.74) is 10.1. The number of carbonyl (C=O) groups excluding carboxylic acids is 1. The molecule has 3 aromatic rings. The van der Waals surface area contributed by atoms with E-state index in [-0.39, 0.29) is 25.0 Å². The number of rotatable bonds is 5. The number of fused-ring (bicyclic) bond motifs is 1. The number of aromatic amines is 1. The number of halogens is 1. The molecule has 3 rings (SSSR count). The highest BCUT2D eigenvalue weighted by Crippen LogP contribution is 2.24. The maximum Gasteiger partial charge on any atom is 0.340 e. The first-order valence-corrected chi connectivity index (χ1v) is 7.71. The van der Waals surface area contributed by atoms with E-state index >= 15 is 0 Å². The Morgan fingerprint density at radius 1 is 1.12 bits per heavy atom. The highest BCUT2D eigenvalue weighted by Gasteiger charge is 2.17. The van der Waals surface area contributed by atoms with Gasteiger partial charge in [0.2, 0.25) is 0 Å². The Balaban J connectivity index is 0.00000208. The van der Waals surface area contributed by atoms with Gasteiger partial charge < -0.3 is 15.5 Å². The molecule has 1 heterocycles. The summed E-state index contributed by atoms with van der Waals surface area (Å²) in [5.74, 6) is -0.303. The van der Waals surface area contributed by atoms with Gasteiger partial charge in [0.1, 0.15) is 6.61 Å². The maximum atomic E-state index is 12.5. The van der Waals surface area contributed by atoms with Crippen LogP contribution in [0.25, 0.3) is 10.9 Å². The first kappa shape index (κ1) is 18.0. The number of aryl methyl sites for hydroxylation is 1. The summed E-state index contributed by atoms with van der Waals surface area (Å²) < 4.78 is 5.48. The van der Waals surface area contributed by atoms with Gasteiger partial charge in [0, 0.05) is 16.6 Å². The minimum atomic E-state index is -0.303. The van der Waals surface area contributed by atoms with Crippen LogP contribution in [0.1, 0.15) is 27.2 Å². The molecule has 0 atom stereocenters. The molecule has 0 aliphatic carbocycles. The predicted molar refractivity (Wildman–Crippen MR) is 98.6 cm³/mol. The summed E-state index contributed by atoms with van der Waals surface area (Å²) in [6, 6.07) is 15.7. The standard InChI is InChI=1S/C19H20N2O2.ClH/c1-13-18(19(22)23-12-15-5-3-2-4-6-15)16-11-14(9-10-20)7-8-17(16)21-13;/h2-8,11,21H,9-10,12,20H2,1H3;1H. The summed E-state index contributed by atoms with van der Waals surface area (Å²) >= 11 is 0. The van der Waals surface area contributed by atoms with Gasteiger partial charge in [-0.2, -0.15) is 0 Å². The molecule has 0 saturated heterocycles. The molecule has 24 heavy (non-hydrogen) atoms. The Kier molecular flexibility index (Phi) is 6.01. The third-order valence-electron chi connectivity index (χ3n) is 3.90. The van der Waals surface area contributed by atoms with Crippen molar-refractivity contribution in [1.82, 2.24) is 4.98 Å². The van der Waals surface area contributed by atoms with Crippen LogP contribution < -0.4 is 5.73 Å². The topological polar surface area (TPSA) is 68.1 Å². The molecule has 1 aromatic heterocycles. The van der Waals surface area contributed by atoms with Gasteiger partial charge in [-0.15, -0.1) is 12.4 Å². The summed E-state index contributed by atoms with van der Waals surface area (Å²) in [4.78, 5) is 15.8. The van der Waals surface area contributed by atoms with Crippen molar-refractivity contribution in [2.45, 2.75) is 20.0 Å². The minimum Gasteiger partial charge on any atom is -0.457 e. The van der Waals surface area contributed by atoms with E-state index in [0.717, 1.165) is 34.1 Å². The fraction of sp³-hybridized carbons (Fsp3) is 0.211. The first-order valence-electron chi connectivity index (χ1n) is 7.71. The van der Waals surface area contributed by atoms with Crippen LogP contribution in [0.15, 0.2) is 48.5 Å². The molecule has 0 spiro atoms. The van der Waals surface area contributed by atoms with Crippen molar-refractivity contribution in [3.05, 3.63) is 70.9 Å². The molecule has 126 valence electrons. The number of H-pyrrole nitrogens is 1. The maximum absolute atomic E-state index is 12.5. The largest absolute Gasteiger partial charge is 0.457 e. The molecule has 0 bridgehead atoms. The molecule has 0 aliphatic heterocycles. The number of aromatic nitrogens is 1. The van der Waals surface area contributed by atoms with Gasteiger partial charge in [-0.05, 0) is 43.1 Å². The smallest absolute Gasteiger partial charge is 0.340 e. The van der Waals surface area contributed by atoms with Crippen LogP contribution >= 0.6 is 12.4 Å². The third kappa shape index (κ3) is 3.78. The van der Waals surface area contributed by atoms with Crippen LogP contribution in [0.4, 0.5) is 0 Å². The molecule has 3 N–H and O–H groups in total. The van der Waals surface area contributed by atoms with E-state index in [1.165, 1.54) is 0 Å². The number of hydrogen-bond acceptors (Lipinski definition) is 3. The van der Waals surface area contributed by atoms with E-state index in [0.29, 0.717) is 12.1 Å². The SMILES string of the molecule is Cc1[nH]c2ccc(CCN)cc2c1C(=O)OCc1ccccc1.Cl. The lowest BCUT2D eigenvalue weighted by atomic mass is 10.1. The van der Waals surface area contributed by atoms with Crippen LogP contribution in [0.2, 0.25) is 0 Å². The summed E-state index contributed by atoms with van der Waals surface area (Å²) in [5, 5.41) is 0.895. The van der Waals surface area contributed by atoms with E-state index in [9.17, 15) is 4.79 Å². The van der Waals surface area contributed by atoms with Gasteiger partial charge >= 0.3 is 5.97 Å². The minimum absolute atomic E-state index is 0. The monoisotopic (exact) mass is 344 g/mol. The Morgan fingerprint density at radius 3 is 2.58 bits per heavy atom. The third-order valence-corrected chi connectivity index (χ3v) is 3.90. The molecule has 0 radical (unpaired) electrons. The van der Waals surface area contributed by atoms with E-state index in [4.69, 9.17) is 10.5 Å². The predicted octanol–water partition coefficient (Wildman–Crippen LogP) is 3.76. The summed E-state index contributed by atoms with van der Waals surface area (Å²) in [7, 11) is 0. The zero-order chi connectivity index (χ0) is 16.2. The number of carbonyl (C=O) groups is 1. The first-order chi connectivity index (χ1) is 11.2. The van der Waals surface area contributed by atoms with E-state index < -0.39 is 0 Å². The molecule has 2 aromatic carbocycles. The van der Waals surface area contributed by atoms with Gasteiger partial charge in [0.05, 0.1) is 5.56 Å². The van der Waals surface area contributed by atoms with Crippen LogP contribution in [0, 0.1) is 6.92 Å². The molecule has 5 heteroatoms. The van der Waals surface area contributed by atoms with Crippen molar-refractivity contribution in [1.29, 1.82) is 0 Å². The van der Waals surface area contributed by atoms with Gasteiger partial charge in [0.15, 0.2) is 0 Å². The molecular weight excluding hydrogens is 324 g/mol.